The molecule has 1 aromatic heterocycles. The molecule has 3 aromatic rings. The molecule has 0 radical (unpaired) electrons. The van der Waals surface area contributed by atoms with Crippen molar-refractivity contribution in [3.05, 3.63) is 65.7 Å². The number of phenolic OH excluding ortho intramolecular Hbond substituents is 1. The Kier molecular flexibility index (Phi) is 5.94. The Morgan fingerprint density at radius 3 is 2.57 bits per heavy atom. The van der Waals surface area contributed by atoms with Crippen molar-refractivity contribution in [3.8, 4) is 28.1 Å². The van der Waals surface area contributed by atoms with E-state index in [0.29, 0.717) is 30.0 Å². The Hall–Kier alpha value is -3.34. The largest absolute Gasteiger partial charge is 0.507 e. The van der Waals surface area contributed by atoms with Crippen molar-refractivity contribution in [2.24, 2.45) is 0 Å². The molecule has 0 amide bonds. The van der Waals surface area contributed by atoms with Crippen LogP contribution in [0.2, 0.25) is 0 Å². The van der Waals surface area contributed by atoms with Gasteiger partial charge in [-0.15, -0.1) is 0 Å². The molecule has 0 spiro atoms. The summed E-state index contributed by atoms with van der Waals surface area (Å²) in [6.45, 7) is 4.54. The van der Waals surface area contributed by atoms with Gasteiger partial charge in [0.15, 0.2) is 0 Å². The second-order valence-electron chi connectivity index (χ2n) is 6.89. The van der Waals surface area contributed by atoms with Gasteiger partial charge in [-0.2, -0.15) is 0 Å². The number of carbonyl (C=O) groups is 1. The third-order valence-corrected chi connectivity index (χ3v) is 4.58. The van der Waals surface area contributed by atoms with Gasteiger partial charge in [-0.05, 0) is 61.2 Å². The number of aromatic hydroxyl groups is 1. The number of pyridine rings is 1. The van der Waals surface area contributed by atoms with Crippen LogP contribution < -0.4 is 5.32 Å². The van der Waals surface area contributed by atoms with Gasteiger partial charge in [-0.25, -0.2) is 4.98 Å². The minimum Gasteiger partial charge on any atom is -0.507 e. The van der Waals surface area contributed by atoms with Gasteiger partial charge in [0.2, 0.25) is 0 Å². The molecule has 144 valence electrons. The van der Waals surface area contributed by atoms with Crippen LogP contribution in [0, 0.1) is 13.8 Å². The van der Waals surface area contributed by atoms with Gasteiger partial charge in [0.25, 0.3) is 0 Å². The molecule has 0 atom stereocenters. The monoisotopic (exact) mass is 376 g/mol. The van der Waals surface area contributed by atoms with Gasteiger partial charge >= 0.3 is 5.97 Å². The maximum Gasteiger partial charge on any atom is 0.303 e. The number of aryl methyl sites for hydroxylation is 2. The first-order valence-electron chi connectivity index (χ1n) is 9.28. The number of carboxylic acids is 1. The van der Waals surface area contributed by atoms with Crippen LogP contribution in [0.3, 0.4) is 0 Å². The third-order valence-electron chi connectivity index (χ3n) is 4.58. The summed E-state index contributed by atoms with van der Waals surface area (Å²) in [6.07, 6.45) is 0.618. The molecule has 28 heavy (non-hydrogen) atoms. The van der Waals surface area contributed by atoms with Crippen LogP contribution in [0.5, 0.6) is 5.75 Å². The lowest BCUT2D eigenvalue weighted by Gasteiger charge is -2.13. The smallest absolute Gasteiger partial charge is 0.303 e. The molecular formula is C23H24N2O3. The number of aromatic nitrogens is 1. The molecule has 0 saturated carbocycles. The highest BCUT2D eigenvalue weighted by Gasteiger charge is 2.12. The first-order chi connectivity index (χ1) is 13.4. The van der Waals surface area contributed by atoms with Crippen molar-refractivity contribution >= 4 is 11.8 Å². The van der Waals surface area contributed by atoms with Crippen LogP contribution in [0.15, 0.2) is 54.6 Å². The lowest BCUT2D eigenvalue weighted by atomic mass is 9.98. The van der Waals surface area contributed by atoms with E-state index in [1.165, 1.54) is 0 Å². The quantitative estimate of drug-likeness (QED) is 0.505. The summed E-state index contributed by atoms with van der Waals surface area (Å²) >= 11 is 0. The maximum atomic E-state index is 10.7. The molecule has 5 heteroatoms. The molecule has 0 fully saturated rings. The molecule has 0 bridgehead atoms. The number of hydrogen-bond donors (Lipinski definition) is 3. The first-order valence-corrected chi connectivity index (χ1v) is 9.28. The zero-order chi connectivity index (χ0) is 20.1. The number of phenols is 1. The van der Waals surface area contributed by atoms with Crippen LogP contribution in [-0.4, -0.2) is 27.7 Å². The van der Waals surface area contributed by atoms with Gasteiger partial charge in [0.1, 0.15) is 11.6 Å². The Morgan fingerprint density at radius 1 is 1.04 bits per heavy atom. The summed E-state index contributed by atoms with van der Waals surface area (Å²) in [6, 6.07) is 17.5. The minimum absolute atomic E-state index is 0.107. The Morgan fingerprint density at radius 2 is 1.82 bits per heavy atom. The Labute approximate surface area is 164 Å². The Bertz CT molecular complexity index is 999. The van der Waals surface area contributed by atoms with E-state index in [1.54, 1.807) is 6.07 Å². The number of rotatable bonds is 7. The van der Waals surface area contributed by atoms with E-state index in [-0.39, 0.29) is 12.2 Å². The normalized spacial score (nSPS) is 10.6. The van der Waals surface area contributed by atoms with E-state index in [1.807, 2.05) is 43.3 Å². The van der Waals surface area contributed by atoms with Crippen molar-refractivity contribution in [2.75, 3.05) is 11.9 Å². The van der Waals surface area contributed by atoms with Crippen molar-refractivity contribution < 1.29 is 15.0 Å². The second-order valence-corrected chi connectivity index (χ2v) is 6.89. The molecule has 0 unspecified atom stereocenters. The molecule has 2 aromatic carbocycles. The van der Waals surface area contributed by atoms with E-state index in [0.717, 1.165) is 22.3 Å². The zero-order valence-corrected chi connectivity index (χ0v) is 16.1. The van der Waals surface area contributed by atoms with E-state index in [9.17, 15) is 9.90 Å². The summed E-state index contributed by atoms with van der Waals surface area (Å²) in [7, 11) is 0. The highest BCUT2D eigenvalue weighted by atomic mass is 16.4. The van der Waals surface area contributed by atoms with Gasteiger partial charge in [0, 0.05) is 18.5 Å². The number of aliphatic carboxylic acids is 1. The Balaban J connectivity index is 2.02. The fourth-order valence-corrected chi connectivity index (χ4v) is 3.12. The summed E-state index contributed by atoms with van der Waals surface area (Å²) in [4.78, 5) is 15.4. The minimum atomic E-state index is -0.811. The summed E-state index contributed by atoms with van der Waals surface area (Å²) < 4.78 is 0. The van der Waals surface area contributed by atoms with Crippen LogP contribution in [-0.2, 0) is 4.79 Å². The van der Waals surface area contributed by atoms with E-state index in [2.05, 4.69) is 29.4 Å². The average molecular weight is 376 g/mol. The molecule has 1 heterocycles. The fraction of sp³-hybridized carbons (Fsp3) is 0.217. The SMILES string of the molecule is Cc1ccc(O)c(-c2cc(-c3ccccc3C)cc(NCCCC(=O)O)n2)c1. The van der Waals surface area contributed by atoms with Gasteiger partial charge in [-0.3, -0.25) is 4.79 Å². The maximum absolute atomic E-state index is 10.7. The number of nitrogens with one attached hydrogen (secondary N) is 1. The predicted octanol–water partition coefficient (Wildman–Crippen LogP) is 5.01. The predicted molar refractivity (Wildman–Crippen MR) is 112 cm³/mol. The first kappa shape index (κ1) is 19.4. The van der Waals surface area contributed by atoms with E-state index in [4.69, 9.17) is 5.11 Å². The summed E-state index contributed by atoms with van der Waals surface area (Å²) in [5.74, 6) is 0.0210. The lowest BCUT2D eigenvalue weighted by Crippen LogP contribution is -2.06. The highest BCUT2D eigenvalue weighted by molar-refractivity contribution is 5.77. The number of hydrogen-bond acceptors (Lipinski definition) is 4. The number of carboxylic acid groups (broad SMARTS) is 1. The van der Waals surface area contributed by atoms with E-state index < -0.39 is 5.97 Å². The van der Waals surface area contributed by atoms with Crippen molar-refractivity contribution in [2.45, 2.75) is 26.7 Å². The summed E-state index contributed by atoms with van der Waals surface area (Å²) in [5, 5.41) is 22.4. The lowest BCUT2D eigenvalue weighted by molar-refractivity contribution is -0.137. The fourth-order valence-electron chi connectivity index (χ4n) is 3.12. The molecule has 5 nitrogen and oxygen atoms in total. The van der Waals surface area contributed by atoms with E-state index >= 15 is 0 Å². The molecule has 0 aliphatic heterocycles. The topological polar surface area (TPSA) is 82.5 Å². The molecule has 3 rings (SSSR count). The molecule has 0 aliphatic rings. The molecule has 3 N–H and O–H groups in total. The van der Waals surface area contributed by atoms with Gasteiger partial charge in [-0.1, -0.05) is 35.9 Å². The second kappa shape index (κ2) is 8.57. The van der Waals surface area contributed by atoms with Gasteiger partial charge < -0.3 is 15.5 Å². The standard InChI is InChI=1S/C23H24N2O3/c1-15-9-10-21(26)19(12-15)20-13-17(18-7-4-3-6-16(18)2)14-22(25-20)24-11-5-8-23(27)28/h3-4,6-7,9-10,12-14,26H,5,8,11H2,1-2H3,(H,24,25)(H,27,28). The number of anilines is 1. The van der Waals surface area contributed by atoms with Gasteiger partial charge in [0.05, 0.1) is 5.69 Å². The number of benzene rings is 2. The van der Waals surface area contributed by atoms with Crippen molar-refractivity contribution in [1.29, 1.82) is 0 Å². The molecular weight excluding hydrogens is 352 g/mol. The zero-order valence-electron chi connectivity index (χ0n) is 16.1. The molecule has 0 aliphatic carbocycles. The number of nitrogens with zero attached hydrogens (tertiary/aromatic N) is 1. The van der Waals surface area contributed by atoms with Crippen LogP contribution in [0.4, 0.5) is 5.82 Å². The van der Waals surface area contributed by atoms with Crippen LogP contribution in [0.1, 0.15) is 24.0 Å². The van der Waals surface area contributed by atoms with Crippen LogP contribution in [0.25, 0.3) is 22.4 Å². The average Bonchev–Trinajstić information content (AvgIpc) is 2.67. The van der Waals surface area contributed by atoms with Crippen molar-refractivity contribution in [1.82, 2.24) is 4.98 Å². The van der Waals surface area contributed by atoms with Crippen molar-refractivity contribution in [3.63, 3.8) is 0 Å². The van der Waals surface area contributed by atoms with Crippen LogP contribution >= 0.6 is 0 Å². The molecule has 0 saturated heterocycles. The highest BCUT2D eigenvalue weighted by Crippen LogP contribution is 2.34. The third kappa shape index (κ3) is 4.68. The summed E-state index contributed by atoms with van der Waals surface area (Å²) in [5.41, 5.74) is 5.60.